The summed E-state index contributed by atoms with van der Waals surface area (Å²) in [6.07, 6.45) is 5.28. The average Bonchev–Trinajstić information content (AvgIpc) is 0.881. The number of urea groups is 1. The molecule has 0 atom stereocenters. The van der Waals surface area contributed by atoms with Crippen molar-refractivity contribution in [2.24, 2.45) is 0 Å². The number of anilines is 2. The maximum atomic E-state index is 12.3. The van der Waals surface area contributed by atoms with Gasteiger partial charge in [-0.05, 0) is 147 Å². The molecule has 10 aromatic rings. The van der Waals surface area contributed by atoms with Gasteiger partial charge in [0, 0.05) is 96.4 Å². The Morgan fingerprint density at radius 2 is 0.781 bits per heavy atom. The van der Waals surface area contributed by atoms with Crippen molar-refractivity contribution in [3.8, 4) is 0 Å². The summed E-state index contributed by atoms with van der Waals surface area (Å²) < 4.78 is 19.1. The lowest BCUT2D eigenvalue weighted by atomic mass is 9.95. The molecule has 1 heterocycles. The number of carbonyl (C=O) groups is 14. The summed E-state index contributed by atoms with van der Waals surface area (Å²) in [6, 6.07) is 62.5. The van der Waals surface area contributed by atoms with Crippen molar-refractivity contribution < 1.29 is 86.1 Å². The topological polar surface area (TPSA) is 313 Å². The summed E-state index contributed by atoms with van der Waals surface area (Å²) in [7, 11) is 3.98. The second kappa shape index (κ2) is 47.1. The number of nitrogens with one attached hydrogen (secondary N) is 2. The smallest absolute Gasteiger partial charge is 0.338 e. The van der Waals surface area contributed by atoms with Gasteiger partial charge in [-0.25, -0.2) is 29.0 Å². The van der Waals surface area contributed by atoms with Crippen LogP contribution in [0.1, 0.15) is 198 Å². The Bertz CT molecular complexity index is 5000. The maximum Gasteiger partial charge on any atom is 0.338 e. The maximum absolute atomic E-state index is 12.3. The van der Waals surface area contributed by atoms with E-state index in [0.717, 1.165) is 32.8 Å². The fourth-order valence-corrected chi connectivity index (χ4v) is 12.2. The number of aryl methyl sites for hydroxylation is 2. The molecule has 0 aliphatic rings. The third-order valence-corrected chi connectivity index (χ3v) is 18.1. The molecule has 0 bridgehead atoms. The molecule has 0 unspecified atom stereocenters. The number of thiazole rings is 1. The van der Waals surface area contributed by atoms with E-state index in [1.54, 1.807) is 183 Å². The molecule has 2 N–H and O–H groups in total. The minimum absolute atomic E-state index is 0.0117. The molecule has 1 aromatic heterocycles. The molecule has 0 spiro atoms. The zero-order valence-corrected chi connectivity index (χ0v) is 65.9. The van der Waals surface area contributed by atoms with Crippen LogP contribution >= 0.6 is 11.3 Å². The van der Waals surface area contributed by atoms with Gasteiger partial charge in [0.25, 0.3) is 0 Å². The zero-order chi connectivity index (χ0) is 83.1. The third kappa shape index (κ3) is 29.6. The molecule has 0 saturated carbocycles. The number of benzene rings is 9. The highest BCUT2D eigenvalue weighted by Crippen LogP contribution is 2.22. The fourth-order valence-electron chi connectivity index (χ4n) is 11.6. The molecule has 0 radical (unpaired) electrons. The molecule has 588 valence electrons. The first-order valence-corrected chi connectivity index (χ1v) is 37.4. The Morgan fingerprint density at radius 1 is 0.360 bits per heavy atom. The van der Waals surface area contributed by atoms with E-state index < -0.39 is 23.9 Å². The minimum atomic E-state index is -0.477. The van der Waals surface area contributed by atoms with E-state index in [1.165, 1.54) is 60.4 Å². The summed E-state index contributed by atoms with van der Waals surface area (Å²) in [5, 5.41) is 7.90. The van der Waals surface area contributed by atoms with E-state index in [-0.39, 0.29) is 90.1 Å². The van der Waals surface area contributed by atoms with E-state index in [1.807, 2.05) is 60.8 Å². The lowest BCUT2D eigenvalue weighted by molar-refractivity contribution is -0.119. The van der Waals surface area contributed by atoms with Gasteiger partial charge < -0.3 is 29.6 Å². The third-order valence-electron chi connectivity index (χ3n) is 17.3. The first-order valence-electron chi connectivity index (χ1n) is 36.5. The van der Waals surface area contributed by atoms with Gasteiger partial charge in [-0.2, -0.15) is 0 Å². The SMILES string of the molecule is CC(=O)c1cccc(NC(=O)Nc2ccccc2C(C)=O)c1.CC(=O)c1ccccc1CC(=O)Cc1ccccc1C(C)=O.CCOC(=O)c1ccc(CCC(=O)Cc2ccccc2C(=O)CC)cc1.COC(=O)c1cccc(CCC(=O)Cc2ccccc2C(=O)OC)c1.COC(=O)c1ccccc1CC(=O)Cc1nccs1. The van der Waals surface area contributed by atoms with Crippen LogP contribution in [0.3, 0.4) is 0 Å². The Hall–Kier alpha value is -13.2. The number of esters is 4. The number of ketones is 9. The Balaban J connectivity index is 0.000000223. The highest BCUT2D eigenvalue weighted by molar-refractivity contribution is 7.09. The van der Waals surface area contributed by atoms with Crippen LogP contribution in [0.25, 0.3) is 0 Å². The number of rotatable bonds is 31. The molecule has 10 rings (SSSR count). The molecule has 0 aliphatic heterocycles. The van der Waals surface area contributed by atoms with Gasteiger partial charge in [-0.3, -0.25) is 43.2 Å². The van der Waals surface area contributed by atoms with Crippen LogP contribution in [0.15, 0.2) is 230 Å². The highest BCUT2D eigenvalue weighted by Gasteiger charge is 2.20. The molecule has 0 aliphatic carbocycles. The summed E-state index contributed by atoms with van der Waals surface area (Å²) in [5.41, 5.74) is 11.0. The van der Waals surface area contributed by atoms with Gasteiger partial charge in [-0.1, -0.05) is 165 Å². The molecule has 114 heavy (non-hydrogen) atoms. The van der Waals surface area contributed by atoms with Crippen LogP contribution in [0, 0.1) is 0 Å². The van der Waals surface area contributed by atoms with Crippen molar-refractivity contribution in [2.45, 2.75) is 112 Å². The van der Waals surface area contributed by atoms with E-state index >= 15 is 0 Å². The molecular weight excluding hydrogens is 1470 g/mol. The van der Waals surface area contributed by atoms with Crippen LogP contribution in [-0.2, 0) is 89.5 Å². The molecule has 0 fully saturated rings. The van der Waals surface area contributed by atoms with Crippen LogP contribution in [-0.4, -0.2) is 115 Å². The average molecular weight is 1560 g/mol. The van der Waals surface area contributed by atoms with Gasteiger partial charge in [0.1, 0.15) is 23.1 Å². The first kappa shape index (κ1) is 89.7. The molecule has 2 amide bonds. The Kier molecular flexibility index (Phi) is 37.1. The summed E-state index contributed by atoms with van der Waals surface area (Å²) >= 11 is 1.45. The fraction of sp³-hybridized carbons (Fsp3) is 0.228. The van der Waals surface area contributed by atoms with Crippen LogP contribution in [0.2, 0.25) is 0 Å². The van der Waals surface area contributed by atoms with Crippen molar-refractivity contribution in [2.75, 3.05) is 38.6 Å². The monoisotopic (exact) mass is 1560 g/mol. The second-order valence-electron chi connectivity index (χ2n) is 25.7. The number of ether oxygens (including phenoxy) is 4. The Morgan fingerprint density at radius 3 is 1.25 bits per heavy atom. The predicted octanol–water partition coefficient (Wildman–Crippen LogP) is 16.7. The largest absolute Gasteiger partial charge is 0.465 e. The van der Waals surface area contributed by atoms with Crippen LogP contribution in [0.5, 0.6) is 0 Å². The van der Waals surface area contributed by atoms with Crippen LogP contribution < -0.4 is 10.6 Å². The van der Waals surface area contributed by atoms with E-state index in [9.17, 15) is 67.1 Å². The highest BCUT2D eigenvalue weighted by atomic mass is 32.1. The molecular formula is C92H91N3O18S. The van der Waals surface area contributed by atoms with Crippen molar-refractivity contribution in [3.63, 3.8) is 0 Å². The van der Waals surface area contributed by atoms with Gasteiger partial charge in [-0.15, -0.1) is 11.3 Å². The van der Waals surface area contributed by atoms with Gasteiger partial charge in [0.05, 0.1) is 67.3 Å². The van der Waals surface area contributed by atoms with Crippen molar-refractivity contribution in [1.82, 2.24) is 4.98 Å². The number of methoxy groups -OCH3 is 3. The minimum Gasteiger partial charge on any atom is -0.465 e. The van der Waals surface area contributed by atoms with E-state index in [4.69, 9.17) is 18.9 Å². The molecule has 22 heteroatoms. The van der Waals surface area contributed by atoms with Gasteiger partial charge >= 0.3 is 29.9 Å². The standard InChI is InChI=1S/C22H24O4.C20H20O5.C19H18O3.C17H16N2O3.C14H13NO3S/c1-3-21(24)20-8-6-5-7-18(20)15-19(23)14-11-16-9-12-17(13-10-16)22(25)26-4-2;1-24-19(22)16-8-5-6-14(12-16)10-11-17(21)13-15-7-3-4-9-18(15)20(23)25-2;1-13(20)18-9-5-3-7-15(18)11-17(22)12-16-8-4-6-10-19(16)14(2)21;1-11(20)13-6-5-7-14(10-13)18-17(22)19-16-9-4-3-8-15(16)12(2)21;1-18-14(17)12-5-3-2-4-10(12)8-11(16)9-13-15-6-7-19-13/h5-10,12-13H,3-4,11,14-15H2,1-2H3;3-9,12H,10-11,13H2,1-2H3;3-10H,11-12H2,1-2H3;3-10H,1-2H3,(H2,18,19,22);2-7H,8-9H2,1H3. The second-order valence-corrected chi connectivity index (χ2v) is 26.7. The van der Waals surface area contributed by atoms with E-state index in [2.05, 4.69) is 15.6 Å². The lowest BCUT2D eigenvalue weighted by Crippen LogP contribution is -2.20. The molecule has 9 aromatic carbocycles. The zero-order valence-electron chi connectivity index (χ0n) is 65.1. The van der Waals surface area contributed by atoms with Crippen molar-refractivity contribution in [3.05, 3.63) is 324 Å². The number of para-hydroxylation sites is 1. The number of aromatic nitrogens is 1. The molecule has 0 saturated heterocycles. The van der Waals surface area contributed by atoms with Gasteiger partial charge in [0.15, 0.2) is 28.9 Å². The predicted molar refractivity (Wildman–Crippen MR) is 436 cm³/mol. The summed E-state index contributed by atoms with van der Waals surface area (Å²) in [4.78, 5) is 169. The van der Waals surface area contributed by atoms with Gasteiger partial charge in [0.2, 0.25) is 0 Å². The number of nitrogens with zero attached hydrogens (tertiary/aromatic N) is 1. The Labute approximate surface area is 666 Å². The van der Waals surface area contributed by atoms with Crippen molar-refractivity contribution in [1.29, 1.82) is 0 Å². The normalized spacial score (nSPS) is 10.2. The lowest BCUT2D eigenvalue weighted by Gasteiger charge is -2.10. The quantitative estimate of drug-likeness (QED) is 0.0232. The first-order chi connectivity index (χ1) is 54.7. The number of Topliss-reactive ketones (excluding diaryl/α,β-unsaturated/α-hetero) is 9. The number of amides is 2. The molecule has 21 nitrogen and oxygen atoms in total. The van der Waals surface area contributed by atoms with E-state index in [0.29, 0.717) is 118 Å². The van der Waals surface area contributed by atoms with Crippen LogP contribution in [0.4, 0.5) is 16.2 Å². The number of carbonyl (C=O) groups excluding carboxylic acids is 14. The number of hydrogen-bond donors (Lipinski definition) is 2. The summed E-state index contributed by atoms with van der Waals surface area (Å²) in [5.74, 6) is -1.73. The summed E-state index contributed by atoms with van der Waals surface area (Å²) in [6.45, 7) is 9.82. The van der Waals surface area contributed by atoms with Crippen molar-refractivity contribution >= 4 is 105 Å². The number of hydrogen-bond acceptors (Lipinski definition) is 20.